The van der Waals surface area contributed by atoms with Crippen LogP contribution in [0, 0.1) is 5.92 Å². The predicted molar refractivity (Wildman–Crippen MR) is 95.0 cm³/mol. The van der Waals surface area contributed by atoms with Crippen LogP contribution < -0.4 is 5.32 Å². The van der Waals surface area contributed by atoms with Crippen molar-refractivity contribution in [2.75, 3.05) is 19.6 Å². The van der Waals surface area contributed by atoms with Crippen molar-refractivity contribution in [2.45, 2.75) is 45.1 Å². The number of hydrogen-bond acceptors (Lipinski definition) is 2. The van der Waals surface area contributed by atoms with Crippen LogP contribution in [0.5, 0.6) is 0 Å². The standard InChI is InChI=1S/C20H28N2O/c1-16-7-9-19(10-8-16)21-20(23)15-22-13-11-18(12-14-22)17-5-3-2-4-6-17/h2-6,11,16,19H,7-10,12-15H2,1H3,(H,21,23). The molecule has 1 fully saturated rings. The summed E-state index contributed by atoms with van der Waals surface area (Å²) in [5, 5.41) is 3.23. The van der Waals surface area contributed by atoms with E-state index in [1.807, 2.05) is 0 Å². The molecule has 0 atom stereocenters. The Morgan fingerprint density at radius 2 is 1.91 bits per heavy atom. The van der Waals surface area contributed by atoms with Gasteiger partial charge < -0.3 is 5.32 Å². The predicted octanol–water partition coefficient (Wildman–Crippen LogP) is 3.47. The van der Waals surface area contributed by atoms with Gasteiger partial charge in [0.25, 0.3) is 0 Å². The Labute approximate surface area is 139 Å². The largest absolute Gasteiger partial charge is 0.352 e. The third kappa shape index (κ3) is 4.68. The van der Waals surface area contributed by atoms with Crippen molar-refractivity contribution in [3.8, 4) is 0 Å². The van der Waals surface area contributed by atoms with E-state index in [1.165, 1.54) is 24.0 Å². The molecular formula is C20H28N2O. The number of nitrogens with zero attached hydrogens (tertiary/aromatic N) is 1. The van der Waals surface area contributed by atoms with Gasteiger partial charge in [0.1, 0.15) is 0 Å². The summed E-state index contributed by atoms with van der Waals surface area (Å²) < 4.78 is 0. The maximum absolute atomic E-state index is 12.2. The highest BCUT2D eigenvalue weighted by Gasteiger charge is 2.21. The van der Waals surface area contributed by atoms with Gasteiger partial charge in [-0.1, -0.05) is 43.3 Å². The number of rotatable bonds is 4. The zero-order chi connectivity index (χ0) is 16.1. The molecule has 124 valence electrons. The molecule has 3 heteroatoms. The molecule has 1 aliphatic heterocycles. The fourth-order valence-electron chi connectivity index (χ4n) is 3.65. The number of carbonyl (C=O) groups is 1. The summed E-state index contributed by atoms with van der Waals surface area (Å²) in [6, 6.07) is 11.0. The van der Waals surface area contributed by atoms with Gasteiger partial charge in [0.05, 0.1) is 6.54 Å². The highest BCUT2D eigenvalue weighted by atomic mass is 16.2. The number of nitrogens with one attached hydrogen (secondary N) is 1. The van der Waals surface area contributed by atoms with E-state index < -0.39 is 0 Å². The van der Waals surface area contributed by atoms with E-state index in [2.05, 4.69) is 53.5 Å². The van der Waals surface area contributed by atoms with Crippen LogP contribution in [0.15, 0.2) is 36.4 Å². The quantitative estimate of drug-likeness (QED) is 0.923. The minimum absolute atomic E-state index is 0.195. The smallest absolute Gasteiger partial charge is 0.234 e. The Morgan fingerprint density at radius 3 is 2.57 bits per heavy atom. The van der Waals surface area contributed by atoms with Crippen LogP contribution in [-0.2, 0) is 4.79 Å². The lowest BCUT2D eigenvalue weighted by Gasteiger charge is -2.29. The first-order chi connectivity index (χ1) is 11.2. The lowest BCUT2D eigenvalue weighted by Crippen LogP contribution is -2.44. The zero-order valence-corrected chi connectivity index (χ0v) is 14.1. The average molecular weight is 312 g/mol. The summed E-state index contributed by atoms with van der Waals surface area (Å²) in [6.45, 7) is 4.68. The minimum atomic E-state index is 0.195. The highest BCUT2D eigenvalue weighted by molar-refractivity contribution is 5.78. The summed E-state index contributed by atoms with van der Waals surface area (Å²) in [6.07, 6.45) is 8.08. The first kappa shape index (κ1) is 16.3. The lowest BCUT2D eigenvalue weighted by atomic mass is 9.87. The Balaban J connectivity index is 1.45. The molecule has 1 heterocycles. The molecule has 0 spiro atoms. The molecule has 1 saturated carbocycles. The molecule has 1 N–H and O–H groups in total. The Kier molecular flexibility index (Phi) is 5.50. The second-order valence-electron chi connectivity index (χ2n) is 7.10. The second kappa shape index (κ2) is 7.78. The van der Waals surface area contributed by atoms with Crippen LogP contribution in [-0.4, -0.2) is 36.5 Å². The molecule has 0 radical (unpaired) electrons. The van der Waals surface area contributed by atoms with E-state index in [1.54, 1.807) is 0 Å². The number of hydrogen-bond donors (Lipinski definition) is 1. The molecule has 0 bridgehead atoms. The molecular weight excluding hydrogens is 284 g/mol. The Morgan fingerprint density at radius 1 is 1.17 bits per heavy atom. The van der Waals surface area contributed by atoms with Crippen molar-refractivity contribution in [1.82, 2.24) is 10.2 Å². The highest BCUT2D eigenvalue weighted by Crippen LogP contribution is 2.24. The van der Waals surface area contributed by atoms with Gasteiger partial charge in [-0.05, 0) is 49.2 Å². The maximum Gasteiger partial charge on any atom is 0.234 e. The molecule has 0 aromatic heterocycles. The lowest BCUT2D eigenvalue weighted by molar-refractivity contribution is -0.123. The van der Waals surface area contributed by atoms with Gasteiger partial charge in [-0.25, -0.2) is 0 Å². The van der Waals surface area contributed by atoms with E-state index in [9.17, 15) is 4.79 Å². The van der Waals surface area contributed by atoms with Crippen molar-refractivity contribution in [3.05, 3.63) is 42.0 Å². The van der Waals surface area contributed by atoms with Crippen LogP contribution in [0.3, 0.4) is 0 Å². The molecule has 3 rings (SSSR count). The van der Waals surface area contributed by atoms with E-state index in [0.29, 0.717) is 12.6 Å². The fourth-order valence-corrected chi connectivity index (χ4v) is 3.65. The van der Waals surface area contributed by atoms with E-state index in [-0.39, 0.29) is 5.91 Å². The van der Waals surface area contributed by atoms with Crippen molar-refractivity contribution in [2.24, 2.45) is 5.92 Å². The van der Waals surface area contributed by atoms with Crippen molar-refractivity contribution in [3.63, 3.8) is 0 Å². The van der Waals surface area contributed by atoms with Crippen LogP contribution in [0.4, 0.5) is 0 Å². The van der Waals surface area contributed by atoms with Gasteiger partial charge in [0, 0.05) is 19.1 Å². The number of amides is 1. The summed E-state index contributed by atoms with van der Waals surface area (Å²) in [5.41, 5.74) is 2.72. The van der Waals surface area contributed by atoms with Crippen LogP contribution in [0.25, 0.3) is 5.57 Å². The van der Waals surface area contributed by atoms with Gasteiger partial charge in [0.2, 0.25) is 5.91 Å². The maximum atomic E-state index is 12.2. The molecule has 1 aromatic rings. The normalized spacial score (nSPS) is 25.7. The van der Waals surface area contributed by atoms with Gasteiger partial charge in [-0.15, -0.1) is 0 Å². The van der Waals surface area contributed by atoms with E-state index in [4.69, 9.17) is 0 Å². The summed E-state index contributed by atoms with van der Waals surface area (Å²) in [7, 11) is 0. The SMILES string of the molecule is CC1CCC(NC(=O)CN2CC=C(c3ccccc3)CC2)CC1. The number of benzene rings is 1. The molecule has 1 amide bonds. The molecule has 3 nitrogen and oxygen atoms in total. The zero-order valence-electron chi connectivity index (χ0n) is 14.1. The molecule has 1 aliphatic carbocycles. The van der Waals surface area contributed by atoms with Gasteiger partial charge in [-0.3, -0.25) is 9.69 Å². The first-order valence-electron chi connectivity index (χ1n) is 8.97. The van der Waals surface area contributed by atoms with Crippen LogP contribution in [0.2, 0.25) is 0 Å². The van der Waals surface area contributed by atoms with E-state index >= 15 is 0 Å². The second-order valence-corrected chi connectivity index (χ2v) is 7.10. The summed E-state index contributed by atoms with van der Waals surface area (Å²) in [5.74, 6) is 1.02. The van der Waals surface area contributed by atoms with Gasteiger partial charge >= 0.3 is 0 Å². The third-order valence-electron chi connectivity index (χ3n) is 5.19. The summed E-state index contributed by atoms with van der Waals surface area (Å²) >= 11 is 0. The fraction of sp³-hybridized carbons (Fsp3) is 0.550. The Bertz CT molecular complexity index is 544. The Hall–Kier alpha value is -1.61. The molecule has 23 heavy (non-hydrogen) atoms. The molecule has 1 aromatic carbocycles. The topological polar surface area (TPSA) is 32.3 Å². The molecule has 2 aliphatic rings. The molecule has 0 unspecified atom stereocenters. The molecule has 0 saturated heterocycles. The van der Waals surface area contributed by atoms with Crippen molar-refractivity contribution in [1.29, 1.82) is 0 Å². The minimum Gasteiger partial charge on any atom is -0.352 e. The van der Waals surface area contributed by atoms with Gasteiger partial charge in [-0.2, -0.15) is 0 Å². The first-order valence-corrected chi connectivity index (χ1v) is 8.97. The average Bonchev–Trinajstić information content (AvgIpc) is 2.58. The van der Waals surface area contributed by atoms with Gasteiger partial charge in [0.15, 0.2) is 0 Å². The van der Waals surface area contributed by atoms with Crippen molar-refractivity contribution < 1.29 is 4.79 Å². The van der Waals surface area contributed by atoms with Crippen LogP contribution in [0.1, 0.15) is 44.6 Å². The third-order valence-corrected chi connectivity index (χ3v) is 5.19. The van der Waals surface area contributed by atoms with E-state index in [0.717, 1.165) is 38.3 Å². The monoisotopic (exact) mass is 312 g/mol. The van der Waals surface area contributed by atoms with Crippen molar-refractivity contribution >= 4 is 11.5 Å². The van der Waals surface area contributed by atoms with Crippen LogP contribution >= 0.6 is 0 Å². The number of carbonyl (C=O) groups excluding carboxylic acids is 1. The summed E-state index contributed by atoms with van der Waals surface area (Å²) in [4.78, 5) is 14.5.